The van der Waals surface area contributed by atoms with Crippen LogP contribution in [0.25, 0.3) is 0 Å². The fourth-order valence-corrected chi connectivity index (χ4v) is 3.60. The second-order valence-electron chi connectivity index (χ2n) is 5.85. The molecule has 1 aliphatic heterocycles. The van der Waals surface area contributed by atoms with Gasteiger partial charge in [0.05, 0.1) is 5.92 Å². The van der Waals surface area contributed by atoms with E-state index in [-0.39, 0.29) is 23.8 Å². The predicted molar refractivity (Wildman–Crippen MR) is 86.2 cm³/mol. The summed E-state index contributed by atoms with van der Waals surface area (Å²) >= 11 is 1.59. The number of aryl methyl sites for hydroxylation is 1. The van der Waals surface area contributed by atoms with Crippen LogP contribution in [-0.4, -0.2) is 29.3 Å². The summed E-state index contributed by atoms with van der Waals surface area (Å²) < 4.78 is 10.8. The van der Waals surface area contributed by atoms with E-state index in [2.05, 4.69) is 15.5 Å². The van der Waals surface area contributed by atoms with Crippen LogP contribution in [0.3, 0.4) is 0 Å². The Bertz CT molecular complexity index is 635. The SMILES string of the molecule is Cc1noc([C@H](NC(=O)[C@@H](C)c2cccs2)C2CCOCC2)n1. The molecule has 7 heteroatoms. The van der Waals surface area contributed by atoms with Crippen molar-refractivity contribution in [3.8, 4) is 0 Å². The van der Waals surface area contributed by atoms with Gasteiger partial charge in [-0.25, -0.2) is 0 Å². The number of hydrogen-bond donors (Lipinski definition) is 1. The van der Waals surface area contributed by atoms with Gasteiger partial charge in [0.25, 0.3) is 0 Å². The third-order valence-electron chi connectivity index (χ3n) is 4.21. The first-order valence-corrected chi connectivity index (χ1v) is 8.75. The van der Waals surface area contributed by atoms with Gasteiger partial charge in [0, 0.05) is 18.1 Å². The maximum atomic E-state index is 12.6. The summed E-state index contributed by atoms with van der Waals surface area (Å²) in [4.78, 5) is 18.0. The molecule has 0 aromatic carbocycles. The summed E-state index contributed by atoms with van der Waals surface area (Å²) in [6.45, 7) is 5.10. The quantitative estimate of drug-likeness (QED) is 0.909. The van der Waals surface area contributed by atoms with Crippen molar-refractivity contribution >= 4 is 17.2 Å². The average Bonchev–Trinajstić information content (AvgIpc) is 3.24. The van der Waals surface area contributed by atoms with Crippen molar-refractivity contribution in [1.29, 1.82) is 0 Å². The third kappa shape index (κ3) is 3.79. The Hall–Kier alpha value is -1.73. The molecule has 6 nitrogen and oxygen atoms in total. The highest BCUT2D eigenvalue weighted by Gasteiger charge is 2.32. The molecule has 0 aliphatic carbocycles. The Morgan fingerprint density at radius 1 is 1.43 bits per heavy atom. The lowest BCUT2D eigenvalue weighted by Gasteiger charge is -2.29. The third-order valence-corrected chi connectivity index (χ3v) is 5.26. The van der Waals surface area contributed by atoms with Gasteiger partial charge in [-0.05, 0) is 44.1 Å². The number of hydrogen-bond acceptors (Lipinski definition) is 6. The van der Waals surface area contributed by atoms with E-state index in [4.69, 9.17) is 9.26 Å². The Kier molecular flexibility index (Phi) is 5.07. The smallest absolute Gasteiger partial charge is 0.249 e. The number of carbonyl (C=O) groups is 1. The molecular formula is C16H21N3O3S. The van der Waals surface area contributed by atoms with Crippen LogP contribution >= 0.6 is 11.3 Å². The van der Waals surface area contributed by atoms with Gasteiger partial charge in [-0.3, -0.25) is 4.79 Å². The number of carbonyl (C=O) groups excluding carboxylic acids is 1. The van der Waals surface area contributed by atoms with E-state index in [1.165, 1.54) is 0 Å². The van der Waals surface area contributed by atoms with E-state index in [9.17, 15) is 4.79 Å². The molecule has 2 aromatic rings. The summed E-state index contributed by atoms with van der Waals surface area (Å²) in [5, 5.41) is 8.97. The molecule has 3 rings (SSSR count). The molecule has 0 unspecified atom stereocenters. The van der Waals surface area contributed by atoms with E-state index in [0.717, 1.165) is 17.7 Å². The molecule has 3 heterocycles. The van der Waals surface area contributed by atoms with Crippen LogP contribution < -0.4 is 5.32 Å². The maximum absolute atomic E-state index is 12.6. The summed E-state index contributed by atoms with van der Waals surface area (Å²) in [5.41, 5.74) is 0. The standard InChI is InChI=1S/C16H21N3O3S/c1-10(13-4-3-9-23-13)15(20)18-14(12-5-7-21-8-6-12)16-17-11(2)19-22-16/h3-4,9-10,12,14H,5-8H2,1-2H3,(H,18,20)/t10-,14+/m0/s1. The second-order valence-corrected chi connectivity index (χ2v) is 6.83. The molecule has 0 spiro atoms. The van der Waals surface area contributed by atoms with Crippen molar-refractivity contribution < 1.29 is 14.1 Å². The zero-order chi connectivity index (χ0) is 16.2. The van der Waals surface area contributed by atoms with Crippen LogP contribution in [0.5, 0.6) is 0 Å². The topological polar surface area (TPSA) is 77.2 Å². The molecule has 0 saturated carbocycles. The minimum atomic E-state index is -0.255. The van der Waals surface area contributed by atoms with Crippen molar-refractivity contribution in [2.75, 3.05) is 13.2 Å². The Morgan fingerprint density at radius 2 is 2.22 bits per heavy atom. The van der Waals surface area contributed by atoms with Gasteiger partial charge in [0.2, 0.25) is 11.8 Å². The van der Waals surface area contributed by atoms with Gasteiger partial charge in [0.1, 0.15) is 6.04 Å². The lowest BCUT2D eigenvalue weighted by atomic mass is 9.91. The van der Waals surface area contributed by atoms with Crippen LogP contribution in [0, 0.1) is 12.8 Å². The summed E-state index contributed by atoms with van der Waals surface area (Å²) in [6.07, 6.45) is 1.75. The zero-order valence-corrected chi connectivity index (χ0v) is 14.1. The van der Waals surface area contributed by atoms with Gasteiger partial charge in [-0.1, -0.05) is 11.2 Å². The Morgan fingerprint density at radius 3 is 2.83 bits per heavy atom. The number of thiophene rings is 1. The van der Waals surface area contributed by atoms with E-state index >= 15 is 0 Å². The largest absolute Gasteiger partial charge is 0.381 e. The minimum absolute atomic E-state index is 0.0141. The first-order valence-electron chi connectivity index (χ1n) is 7.87. The monoisotopic (exact) mass is 335 g/mol. The minimum Gasteiger partial charge on any atom is -0.381 e. The van der Waals surface area contributed by atoms with E-state index in [1.54, 1.807) is 18.3 Å². The number of aromatic nitrogens is 2. The molecular weight excluding hydrogens is 314 g/mol. The van der Waals surface area contributed by atoms with Crippen LogP contribution in [0.15, 0.2) is 22.0 Å². The summed E-state index contributed by atoms with van der Waals surface area (Å²) in [5.74, 6) is 1.11. The van der Waals surface area contributed by atoms with E-state index in [1.807, 2.05) is 24.4 Å². The fourth-order valence-electron chi connectivity index (χ4n) is 2.81. The molecule has 2 atom stereocenters. The van der Waals surface area contributed by atoms with E-state index < -0.39 is 0 Å². The molecule has 23 heavy (non-hydrogen) atoms. The van der Waals surface area contributed by atoms with Gasteiger partial charge in [-0.15, -0.1) is 11.3 Å². The maximum Gasteiger partial charge on any atom is 0.249 e. The van der Waals surface area contributed by atoms with Gasteiger partial charge in [-0.2, -0.15) is 4.98 Å². The normalized spacial score (nSPS) is 18.5. The first kappa shape index (κ1) is 16.1. The van der Waals surface area contributed by atoms with Crippen LogP contribution in [-0.2, 0) is 9.53 Å². The highest BCUT2D eigenvalue weighted by Crippen LogP contribution is 2.30. The highest BCUT2D eigenvalue weighted by atomic mass is 32.1. The first-order chi connectivity index (χ1) is 11.1. The zero-order valence-electron chi connectivity index (χ0n) is 13.3. The lowest BCUT2D eigenvalue weighted by Crippen LogP contribution is -2.38. The molecule has 1 aliphatic rings. The Labute approximate surface area is 139 Å². The van der Waals surface area contributed by atoms with Crippen LogP contribution in [0.1, 0.15) is 48.3 Å². The van der Waals surface area contributed by atoms with Crippen LogP contribution in [0.4, 0.5) is 0 Å². The molecule has 0 bridgehead atoms. The number of nitrogens with zero attached hydrogens (tertiary/aromatic N) is 2. The molecule has 2 aromatic heterocycles. The molecule has 0 radical (unpaired) electrons. The van der Waals surface area contributed by atoms with Crippen molar-refractivity contribution in [2.24, 2.45) is 5.92 Å². The second kappa shape index (κ2) is 7.23. The van der Waals surface area contributed by atoms with Crippen molar-refractivity contribution in [2.45, 2.75) is 38.6 Å². The van der Waals surface area contributed by atoms with Gasteiger partial charge in [0.15, 0.2) is 5.82 Å². The number of rotatable bonds is 5. The van der Waals surface area contributed by atoms with Crippen molar-refractivity contribution in [3.05, 3.63) is 34.1 Å². The molecule has 124 valence electrons. The van der Waals surface area contributed by atoms with Crippen molar-refractivity contribution in [3.63, 3.8) is 0 Å². The predicted octanol–water partition coefficient (Wildman–Crippen LogP) is 2.83. The average molecular weight is 335 g/mol. The summed E-state index contributed by atoms with van der Waals surface area (Å²) in [7, 11) is 0. The number of amides is 1. The number of nitrogens with one attached hydrogen (secondary N) is 1. The van der Waals surface area contributed by atoms with Crippen molar-refractivity contribution in [1.82, 2.24) is 15.5 Å². The molecule has 1 amide bonds. The highest BCUT2D eigenvalue weighted by molar-refractivity contribution is 7.10. The lowest BCUT2D eigenvalue weighted by molar-refractivity contribution is -0.123. The number of ether oxygens (including phenoxy) is 1. The van der Waals surface area contributed by atoms with E-state index in [0.29, 0.717) is 24.9 Å². The van der Waals surface area contributed by atoms with Gasteiger partial charge < -0.3 is 14.6 Å². The Balaban J connectivity index is 1.76. The fraction of sp³-hybridized carbons (Fsp3) is 0.562. The summed E-state index contributed by atoms with van der Waals surface area (Å²) in [6, 6.07) is 3.69. The van der Waals surface area contributed by atoms with Crippen LogP contribution in [0.2, 0.25) is 0 Å². The molecule has 1 fully saturated rings. The molecule has 1 saturated heterocycles. The molecule has 1 N–H and O–H groups in total. The van der Waals surface area contributed by atoms with Gasteiger partial charge >= 0.3 is 0 Å².